The molecule has 0 saturated heterocycles. The van der Waals surface area contributed by atoms with Crippen molar-refractivity contribution in [1.29, 1.82) is 0 Å². The number of hydrogen-bond acceptors (Lipinski definition) is 4. The maximum atomic E-state index is 13.0. The molecule has 228 valence electrons. The molecule has 2 N–H and O–H groups in total. The average molecular weight is 574 g/mol. The van der Waals surface area contributed by atoms with Crippen LogP contribution in [0.25, 0.3) is 6.08 Å². The molecule has 0 fully saturated rings. The van der Waals surface area contributed by atoms with Crippen LogP contribution in [0.4, 0.5) is 0 Å². The molecule has 0 aromatic heterocycles. The molecule has 1 amide bonds. The molecule has 42 heavy (non-hydrogen) atoms. The number of aliphatic hydroxyl groups is 1. The van der Waals surface area contributed by atoms with Gasteiger partial charge in [0.1, 0.15) is 11.8 Å². The van der Waals surface area contributed by atoms with Gasteiger partial charge in [0.15, 0.2) is 0 Å². The number of ether oxygens (including phenoxy) is 1. The molecule has 2 aromatic carbocycles. The number of carbonyl (C=O) groups excluding carboxylic acids is 2. The molecule has 1 aliphatic rings. The lowest BCUT2D eigenvalue weighted by Gasteiger charge is -2.30. The molecule has 5 nitrogen and oxygen atoms in total. The second-order valence-electron chi connectivity index (χ2n) is 13.2. The molecule has 0 aliphatic heterocycles. The summed E-state index contributed by atoms with van der Waals surface area (Å²) in [5.41, 5.74) is 8.21. The predicted octanol–water partition coefficient (Wildman–Crippen LogP) is 8.03. The van der Waals surface area contributed by atoms with Gasteiger partial charge in [0.05, 0.1) is 0 Å². The summed E-state index contributed by atoms with van der Waals surface area (Å²) < 4.78 is 5.50. The largest absolute Gasteiger partial charge is 0.460 e. The third-order valence-corrected chi connectivity index (χ3v) is 8.21. The van der Waals surface area contributed by atoms with Crippen LogP contribution in [0.5, 0.6) is 0 Å². The third-order valence-electron chi connectivity index (χ3n) is 8.21. The maximum Gasteiger partial charge on any atom is 0.306 e. The van der Waals surface area contributed by atoms with Gasteiger partial charge in [-0.15, -0.1) is 0 Å². The average Bonchev–Trinajstić information content (AvgIpc) is 2.89. The highest BCUT2D eigenvalue weighted by atomic mass is 16.6. The normalized spacial score (nSPS) is 16.3. The van der Waals surface area contributed by atoms with E-state index in [1.54, 1.807) is 6.92 Å². The van der Waals surface area contributed by atoms with Crippen LogP contribution in [0.15, 0.2) is 54.1 Å². The molecule has 3 atom stereocenters. The topological polar surface area (TPSA) is 75.6 Å². The summed E-state index contributed by atoms with van der Waals surface area (Å²) in [5.74, 6) is 0.0901. The number of rotatable bonds is 13. The molecule has 5 heteroatoms. The third kappa shape index (κ3) is 9.97. The van der Waals surface area contributed by atoms with Gasteiger partial charge in [-0.2, -0.15) is 0 Å². The molecule has 3 rings (SSSR count). The lowest BCUT2D eigenvalue weighted by molar-refractivity contribution is -0.154. The van der Waals surface area contributed by atoms with E-state index in [2.05, 4.69) is 69.1 Å². The van der Waals surface area contributed by atoms with Crippen molar-refractivity contribution in [3.05, 3.63) is 87.5 Å². The zero-order valence-electron chi connectivity index (χ0n) is 26.8. The highest BCUT2D eigenvalue weighted by molar-refractivity contribution is 6.03. The minimum Gasteiger partial charge on any atom is -0.460 e. The Bertz CT molecular complexity index is 1280. The first-order valence-corrected chi connectivity index (χ1v) is 15.5. The van der Waals surface area contributed by atoms with Crippen LogP contribution in [0.2, 0.25) is 0 Å². The number of unbranched alkanes of at least 4 members (excludes halogenated alkanes) is 1. The van der Waals surface area contributed by atoms with E-state index >= 15 is 0 Å². The van der Waals surface area contributed by atoms with Crippen molar-refractivity contribution >= 4 is 18.0 Å². The fourth-order valence-corrected chi connectivity index (χ4v) is 5.78. The minimum absolute atomic E-state index is 0.0303. The van der Waals surface area contributed by atoms with Gasteiger partial charge in [-0.05, 0) is 126 Å². The summed E-state index contributed by atoms with van der Waals surface area (Å²) in [6.45, 7) is 18.0. The van der Waals surface area contributed by atoms with Gasteiger partial charge >= 0.3 is 5.97 Å². The lowest BCUT2D eigenvalue weighted by atomic mass is 9.74. The van der Waals surface area contributed by atoms with E-state index < -0.39 is 11.8 Å². The summed E-state index contributed by atoms with van der Waals surface area (Å²) in [7, 11) is 0. The van der Waals surface area contributed by atoms with Crippen molar-refractivity contribution < 1.29 is 19.4 Å². The number of benzene rings is 2. The number of carbonyl (C=O) groups is 2. The summed E-state index contributed by atoms with van der Waals surface area (Å²) in [4.78, 5) is 25.3. The molecule has 0 spiro atoms. The van der Waals surface area contributed by atoms with Crippen LogP contribution >= 0.6 is 0 Å². The van der Waals surface area contributed by atoms with Gasteiger partial charge in [0.2, 0.25) is 0 Å². The Labute approximate surface area is 253 Å². The van der Waals surface area contributed by atoms with E-state index in [0.717, 1.165) is 56.1 Å². The smallest absolute Gasteiger partial charge is 0.306 e. The Hall–Kier alpha value is -3.18. The van der Waals surface area contributed by atoms with E-state index in [4.69, 9.17) is 4.74 Å². The van der Waals surface area contributed by atoms with Crippen molar-refractivity contribution in [3.8, 4) is 0 Å². The number of hydrogen-bond donors (Lipinski definition) is 2. The SMILES string of the molecule is C=C1C(C(=O)NC(C)O)=Cc2cc(C)c(C)cc2C1CCC(CCCCC(=O)OC(C)(C)C)CCc1ccc(C)cc1. The van der Waals surface area contributed by atoms with Gasteiger partial charge in [0, 0.05) is 17.9 Å². The van der Waals surface area contributed by atoms with E-state index in [0.29, 0.717) is 17.9 Å². The molecule has 0 saturated carbocycles. The van der Waals surface area contributed by atoms with E-state index in [1.165, 1.54) is 27.8 Å². The fraction of sp³-hybridized carbons (Fsp3) is 0.514. The highest BCUT2D eigenvalue weighted by Gasteiger charge is 2.30. The Balaban J connectivity index is 1.75. The van der Waals surface area contributed by atoms with E-state index in [-0.39, 0.29) is 17.8 Å². The summed E-state index contributed by atoms with van der Waals surface area (Å²) in [6, 6.07) is 13.2. The molecule has 0 radical (unpaired) electrons. The van der Waals surface area contributed by atoms with Crippen molar-refractivity contribution in [2.45, 2.75) is 118 Å². The number of aliphatic hydroxyl groups excluding tert-OH is 1. The maximum absolute atomic E-state index is 13.0. The van der Waals surface area contributed by atoms with Crippen LogP contribution in [0, 0.1) is 26.7 Å². The number of aryl methyl sites for hydroxylation is 4. The first-order valence-electron chi connectivity index (χ1n) is 15.5. The van der Waals surface area contributed by atoms with Crippen LogP contribution in [-0.4, -0.2) is 28.8 Å². The van der Waals surface area contributed by atoms with E-state index in [9.17, 15) is 14.7 Å². The Morgan fingerprint density at radius 3 is 2.31 bits per heavy atom. The van der Waals surface area contributed by atoms with Crippen LogP contribution < -0.4 is 5.32 Å². The number of amides is 1. The number of nitrogens with one attached hydrogen (secondary N) is 1. The first kappa shape index (κ1) is 33.3. The second kappa shape index (κ2) is 14.8. The molecular weight excluding hydrogens is 522 g/mol. The highest BCUT2D eigenvalue weighted by Crippen LogP contribution is 2.42. The number of fused-ring (bicyclic) bond motifs is 1. The van der Waals surface area contributed by atoms with Crippen LogP contribution in [-0.2, 0) is 20.7 Å². The second-order valence-corrected chi connectivity index (χ2v) is 13.2. The monoisotopic (exact) mass is 573 g/mol. The van der Waals surface area contributed by atoms with Crippen molar-refractivity contribution in [2.24, 2.45) is 5.92 Å². The standard InChI is InChI=1S/C37H51NO4/c1-24-13-15-30(16-14-24)18-17-29(11-9-10-12-35(40)42-37(6,7)8)19-20-32-27(4)33(36(41)38-28(5)39)23-31-21-25(2)26(3)22-34(31)32/h13-16,21-23,28-29,32,39H,4,9-12,17-20H2,1-3,5-8H3,(H,38,41). The van der Waals surface area contributed by atoms with Gasteiger partial charge in [-0.1, -0.05) is 61.4 Å². The van der Waals surface area contributed by atoms with Gasteiger partial charge in [-0.25, -0.2) is 0 Å². The molecule has 3 unspecified atom stereocenters. The van der Waals surface area contributed by atoms with Crippen molar-refractivity contribution in [3.63, 3.8) is 0 Å². The Morgan fingerprint density at radius 2 is 1.67 bits per heavy atom. The van der Waals surface area contributed by atoms with Crippen LogP contribution in [0.1, 0.15) is 112 Å². The Kier molecular flexibility index (Phi) is 11.8. The number of esters is 1. The zero-order valence-corrected chi connectivity index (χ0v) is 26.8. The predicted molar refractivity (Wildman–Crippen MR) is 172 cm³/mol. The molecule has 1 aliphatic carbocycles. The van der Waals surface area contributed by atoms with Gasteiger partial charge in [-0.3, -0.25) is 9.59 Å². The van der Waals surface area contributed by atoms with Crippen LogP contribution in [0.3, 0.4) is 0 Å². The molecule has 0 heterocycles. The Morgan fingerprint density at radius 1 is 1.00 bits per heavy atom. The molecular formula is C37H51NO4. The molecule has 2 aromatic rings. The zero-order chi connectivity index (χ0) is 31.0. The van der Waals surface area contributed by atoms with Gasteiger partial charge < -0.3 is 15.2 Å². The molecule has 0 bridgehead atoms. The quantitative estimate of drug-likeness (QED) is 0.144. The van der Waals surface area contributed by atoms with E-state index in [1.807, 2.05) is 26.8 Å². The van der Waals surface area contributed by atoms with Crippen molar-refractivity contribution in [1.82, 2.24) is 5.32 Å². The lowest BCUT2D eigenvalue weighted by Crippen LogP contribution is -2.34. The van der Waals surface area contributed by atoms with Gasteiger partial charge in [0.25, 0.3) is 5.91 Å². The van der Waals surface area contributed by atoms with Crippen molar-refractivity contribution in [2.75, 3.05) is 0 Å². The fourth-order valence-electron chi connectivity index (χ4n) is 5.78. The summed E-state index contributed by atoms with van der Waals surface area (Å²) >= 11 is 0. The minimum atomic E-state index is -0.933. The summed E-state index contributed by atoms with van der Waals surface area (Å²) in [5, 5.41) is 12.4. The summed E-state index contributed by atoms with van der Waals surface area (Å²) in [6.07, 6.45) is 8.23. The first-order chi connectivity index (χ1) is 19.7.